The van der Waals surface area contributed by atoms with Crippen molar-refractivity contribution in [3.05, 3.63) is 58.1 Å². The van der Waals surface area contributed by atoms with Gasteiger partial charge in [0, 0.05) is 11.3 Å². The number of aliphatic hydroxyl groups is 1. The summed E-state index contributed by atoms with van der Waals surface area (Å²) in [5, 5.41) is 12.5. The highest BCUT2D eigenvalue weighted by atomic mass is 32.1. The number of benzene rings is 2. The van der Waals surface area contributed by atoms with Crippen LogP contribution in [0.15, 0.2) is 30.3 Å². The fourth-order valence-electron chi connectivity index (χ4n) is 2.51. The van der Waals surface area contributed by atoms with E-state index in [0.29, 0.717) is 27.9 Å². The van der Waals surface area contributed by atoms with Crippen LogP contribution in [-0.2, 0) is 24.1 Å². The number of methoxy groups -OCH3 is 1. The first kappa shape index (κ1) is 21.0. The zero-order chi connectivity index (χ0) is 20.2. The molecular formula is C19H20F3NO3S. The topological polar surface area (TPSA) is 50.7 Å². The van der Waals surface area contributed by atoms with Gasteiger partial charge in [-0.05, 0) is 61.0 Å². The lowest BCUT2D eigenvalue weighted by atomic mass is 10.0. The number of rotatable bonds is 5. The Balaban J connectivity index is 2.39. The second-order valence-corrected chi connectivity index (χ2v) is 6.31. The van der Waals surface area contributed by atoms with Crippen molar-refractivity contribution in [1.82, 2.24) is 0 Å². The predicted molar refractivity (Wildman–Crippen MR) is 101 cm³/mol. The Labute approximate surface area is 160 Å². The summed E-state index contributed by atoms with van der Waals surface area (Å²) in [5.74, 6) is -0.265. The molecule has 146 valence electrons. The van der Waals surface area contributed by atoms with Gasteiger partial charge in [-0.1, -0.05) is 12.1 Å². The molecule has 0 aliphatic heterocycles. The predicted octanol–water partition coefficient (Wildman–Crippen LogP) is 4.74. The number of anilines is 1. The molecule has 0 aliphatic carbocycles. The van der Waals surface area contributed by atoms with Crippen molar-refractivity contribution in [3.8, 4) is 5.75 Å². The number of thiocarbonyl (C=S) groups is 1. The third-order valence-electron chi connectivity index (χ3n) is 4.14. The van der Waals surface area contributed by atoms with Gasteiger partial charge < -0.3 is 19.9 Å². The summed E-state index contributed by atoms with van der Waals surface area (Å²) in [6.07, 6.45) is -4.54. The Kier molecular flexibility index (Phi) is 6.67. The summed E-state index contributed by atoms with van der Waals surface area (Å²) in [5.41, 5.74) is 1.87. The fraction of sp³-hybridized carbons (Fsp3) is 0.316. The fourth-order valence-corrected chi connectivity index (χ4v) is 2.62. The van der Waals surface area contributed by atoms with E-state index in [2.05, 4.69) is 5.32 Å². The van der Waals surface area contributed by atoms with Crippen LogP contribution in [0.5, 0.6) is 5.75 Å². The van der Waals surface area contributed by atoms with Crippen molar-refractivity contribution in [2.75, 3.05) is 12.4 Å². The summed E-state index contributed by atoms with van der Waals surface area (Å²) in [4.78, 5) is 0. The van der Waals surface area contributed by atoms with Crippen LogP contribution in [0.2, 0.25) is 0 Å². The van der Waals surface area contributed by atoms with Crippen LogP contribution in [0.4, 0.5) is 18.9 Å². The summed E-state index contributed by atoms with van der Waals surface area (Å²) in [7, 11) is 1.39. The van der Waals surface area contributed by atoms with Gasteiger partial charge in [0.1, 0.15) is 12.4 Å². The number of halogens is 3. The van der Waals surface area contributed by atoms with Crippen molar-refractivity contribution < 1.29 is 27.8 Å². The van der Waals surface area contributed by atoms with Gasteiger partial charge in [-0.15, -0.1) is 0 Å². The average Bonchev–Trinajstić information content (AvgIpc) is 2.61. The van der Waals surface area contributed by atoms with Crippen molar-refractivity contribution in [3.63, 3.8) is 0 Å². The summed E-state index contributed by atoms with van der Waals surface area (Å²) >= 11 is 4.97. The molecule has 0 fully saturated rings. The van der Waals surface area contributed by atoms with Gasteiger partial charge in [0.15, 0.2) is 0 Å². The summed E-state index contributed by atoms with van der Waals surface area (Å²) < 4.78 is 50.5. The number of aliphatic hydroxyl groups excluding tert-OH is 1. The van der Waals surface area contributed by atoms with Crippen LogP contribution in [0.3, 0.4) is 0 Å². The lowest BCUT2D eigenvalue weighted by molar-refractivity contribution is -0.139. The first-order valence-electron chi connectivity index (χ1n) is 8.05. The zero-order valence-electron chi connectivity index (χ0n) is 15.1. The molecule has 0 radical (unpaired) electrons. The van der Waals surface area contributed by atoms with Gasteiger partial charge in [-0.3, -0.25) is 0 Å². The van der Waals surface area contributed by atoms with Crippen molar-refractivity contribution in [2.45, 2.75) is 33.2 Å². The lowest BCUT2D eigenvalue weighted by Crippen LogP contribution is -2.15. The number of ether oxygens (including phenoxy) is 2. The van der Waals surface area contributed by atoms with Gasteiger partial charge in [-0.25, -0.2) is 0 Å². The molecule has 2 rings (SSSR count). The van der Waals surface area contributed by atoms with Crippen LogP contribution < -0.4 is 10.1 Å². The smallest absolute Gasteiger partial charge is 0.419 e. The molecule has 2 aromatic carbocycles. The van der Waals surface area contributed by atoms with E-state index in [9.17, 15) is 18.3 Å². The van der Waals surface area contributed by atoms with E-state index in [1.165, 1.54) is 13.2 Å². The van der Waals surface area contributed by atoms with Crippen molar-refractivity contribution in [1.29, 1.82) is 0 Å². The molecule has 0 heterocycles. The molecule has 2 aromatic rings. The Morgan fingerprint density at radius 2 is 1.85 bits per heavy atom. The molecule has 0 spiro atoms. The SMILES string of the molecule is COC(=S)Nc1cccc(CO)c1COc1cc(C)c(C)cc1C(F)(F)F. The first-order chi connectivity index (χ1) is 12.7. The molecule has 0 amide bonds. The van der Waals surface area contributed by atoms with Gasteiger partial charge in [0.05, 0.1) is 19.3 Å². The Hall–Kier alpha value is -2.32. The summed E-state index contributed by atoms with van der Waals surface area (Å²) in [6, 6.07) is 7.46. The quantitative estimate of drug-likeness (QED) is 0.712. The van der Waals surface area contributed by atoms with Gasteiger partial charge >= 0.3 is 6.18 Å². The molecule has 27 heavy (non-hydrogen) atoms. The molecule has 0 aromatic heterocycles. The van der Waals surface area contributed by atoms with Gasteiger partial charge in [-0.2, -0.15) is 13.2 Å². The maximum atomic E-state index is 13.4. The lowest BCUT2D eigenvalue weighted by Gasteiger charge is -2.19. The van der Waals surface area contributed by atoms with E-state index in [1.807, 2.05) is 0 Å². The monoisotopic (exact) mass is 399 g/mol. The molecule has 0 unspecified atom stereocenters. The Morgan fingerprint density at radius 3 is 2.44 bits per heavy atom. The van der Waals surface area contributed by atoms with Gasteiger partial charge in [0.25, 0.3) is 5.17 Å². The largest absolute Gasteiger partial charge is 0.488 e. The van der Waals surface area contributed by atoms with Crippen molar-refractivity contribution in [2.24, 2.45) is 0 Å². The van der Waals surface area contributed by atoms with E-state index in [1.54, 1.807) is 32.0 Å². The second-order valence-electron chi connectivity index (χ2n) is 5.94. The molecule has 0 atom stereocenters. The number of nitrogens with one attached hydrogen (secondary N) is 1. The molecule has 8 heteroatoms. The molecule has 0 saturated heterocycles. The zero-order valence-corrected chi connectivity index (χ0v) is 15.9. The van der Waals surface area contributed by atoms with E-state index < -0.39 is 11.7 Å². The highest BCUT2D eigenvalue weighted by Gasteiger charge is 2.35. The molecule has 0 bridgehead atoms. The van der Waals surface area contributed by atoms with Crippen LogP contribution >= 0.6 is 12.2 Å². The third-order valence-corrected chi connectivity index (χ3v) is 4.41. The number of aryl methyl sites for hydroxylation is 2. The molecule has 4 nitrogen and oxygen atoms in total. The number of hydrogen-bond acceptors (Lipinski definition) is 4. The van der Waals surface area contributed by atoms with E-state index in [-0.39, 0.29) is 24.1 Å². The van der Waals surface area contributed by atoms with Crippen LogP contribution in [0.1, 0.15) is 27.8 Å². The van der Waals surface area contributed by atoms with Gasteiger partial charge in [0.2, 0.25) is 0 Å². The average molecular weight is 399 g/mol. The maximum absolute atomic E-state index is 13.4. The van der Waals surface area contributed by atoms with E-state index in [4.69, 9.17) is 21.7 Å². The Bertz CT molecular complexity index is 838. The summed E-state index contributed by atoms with van der Waals surface area (Å²) in [6.45, 7) is 2.85. The first-order valence-corrected chi connectivity index (χ1v) is 8.46. The minimum Gasteiger partial charge on any atom is -0.488 e. The Morgan fingerprint density at radius 1 is 1.19 bits per heavy atom. The number of hydrogen-bond donors (Lipinski definition) is 2. The van der Waals surface area contributed by atoms with Crippen LogP contribution in [-0.4, -0.2) is 17.4 Å². The van der Waals surface area contributed by atoms with E-state index in [0.717, 1.165) is 6.07 Å². The molecule has 2 N–H and O–H groups in total. The normalized spacial score (nSPS) is 11.2. The van der Waals surface area contributed by atoms with Crippen LogP contribution in [0, 0.1) is 13.8 Å². The third kappa shape index (κ3) is 5.11. The van der Waals surface area contributed by atoms with E-state index >= 15 is 0 Å². The maximum Gasteiger partial charge on any atom is 0.419 e. The molecule has 0 saturated carbocycles. The minimum atomic E-state index is -4.54. The highest BCUT2D eigenvalue weighted by Crippen LogP contribution is 2.38. The molecular weight excluding hydrogens is 379 g/mol. The van der Waals surface area contributed by atoms with Crippen LogP contribution in [0.25, 0.3) is 0 Å². The standard InChI is InChI=1S/C19H20F3NO3S/c1-11-7-15(19(20,21)22)17(8-12(11)2)26-10-14-13(9-24)5-4-6-16(14)23-18(27)25-3/h4-8,24H,9-10H2,1-3H3,(H,23,27). The molecule has 0 aliphatic rings. The highest BCUT2D eigenvalue weighted by molar-refractivity contribution is 7.80. The van der Waals surface area contributed by atoms with Crippen molar-refractivity contribution >= 4 is 23.1 Å². The second kappa shape index (κ2) is 8.58. The minimum absolute atomic E-state index is 0.0912. The number of alkyl halides is 3.